The summed E-state index contributed by atoms with van der Waals surface area (Å²) in [5, 5.41) is 12.2. The van der Waals surface area contributed by atoms with Crippen molar-refractivity contribution in [2.75, 3.05) is 12.0 Å². The Bertz CT molecular complexity index is 1820. The smallest absolute Gasteiger partial charge is 0.260 e. The summed E-state index contributed by atoms with van der Waals surface area (Å²) in [6, 6.07) is 16.0. The molecule has 2 saturated heterocycles. The van der Waals surface area contributed by atoms with Gasteiger partial charge in [0, 0.05) is 17.5 Å². The van der Waals surface area contributed by atoms with Crippen molar-refractivity contribution < 1.29 is 28.7 Å². The number of nitrogens with one attached hydrogen (secondary N) is 1. The molecule has 2 heterocycles. The van der Waals surface area contributed by atoms with E-state index in [1.807, 2.05) is 18.2 Å². The Morgan fingerprint density at radius 1 is 0.935 bits per heavy atom. The van der Waals surface area contributed by atoms with Gasteiger partial charge in [-0.05, 0) is 98.2 Å². The van der Waals surface area contributed by atoms with Crippen LogP contribution in [-0.4, -0.2) is 45.2 Å². The maximum absolute atomic E-state index is 15.1. The quantitative estimate of drug-likeness (QED) is 0.269. The Balaban J connectivity index is 1.48. The minimum absolute atomic E-state index is 0.134. The normalized spacial score (nSPS) is 28.6. The first-order valence-corrected chi connectivity index (χ1v) is 15.9. The van der Waals surface area contributed by atoms with Crippen LogP contribution in [0.15, 0.2) is 72.3 Å². The number of hydrazine groups is 1. The molecule has 3 aromatic rings. The van der Waals surface area contributed by atoms with Crippen LogP contribution in [0.4, 0.5) is 10.1 Å². The molecule has 3 aromatic carbocycles. The van der Waals surface area contributed by atoms with E-state index in [0.29, 0.717) is 33.8 Å². The number of hydrogen-bond donors (Lipinski definition) is 2. The summed E-state index contributed by atoms with van der Waals surface area (Å²) in [5.74, 6) is -5.05. The highest BCUT2D eigenvalue weighted by Gasteiger charge is 2.70. The number of rotatable bonds is 5. The van der Waals surface area contributed by atoms with E-state index in [-0.39, 0.29) is 30.5 Å². The second-order valence-corrected chi connectivity index (χ2v) is 13.2. The van der Waals surface area contributed by atoms with Gasteiger partial charge in [0.25, 0.3) is 11.8 Å². The largest absolute Gasteiger partial charge is 0.507 e. The summed E-state index contributed by atoms with van der Waals surface area (Å²) in [4.78, 5) is 58.1. The van der Waals surface area contributed by atoms with Gasteiger partial charge in [-0.15, -0.1) is 0 Å². The fraction of sp³-hybridized carbons (Fsp3) is 0.333. The third-order valence-electron chi connectivity index (χ3n) is 10.5. The van der Waals surface area contributed by atoms with Gasteiger partial charge in [-0.25, -0.2) is 4.39 Å². The molecule has 7 rings (SSSR count). The number of benzene rings is 3. The first-order chi connectivity index (χ1) is 22.0. The predicted octanol–water partition coefficient (Wildman–Crippen LogP) is 5.81. The van der Waals surface area contributed by atoms with Crippen LogP contribution < -0.4 is 5.43 Å². The lowest BCUT2D eigenvalue weighted by molar-refractivity contribution is -0.141. The number of imide groups is 2. The van der Waals surface area contributed by atoms with Gasteiger partial charge in [0.15, 0.2) is 0 Å². The molecule has 2 aliphatic heterocycles. The number of carbonyl (C=O) groups is 4. The number of hydrogen-bond acceptors (Lipinski definition) is 6. The van der Waals surface area contributed by atoms with Gasteiger partial charge in [-0.1, -0.05) is 47.5 Å². The Hall–Kier alpha value is -4.50. The van der Waals surface area contributed by atoms with Crippen LogP contribution in [-0.2, 0) is 24.6 Å². The zero-order valence-corrected chi connectivity index (χ0v) is 26.3. The molecule has 3 fully saturated rings. The Morgan fingerprint density at radius 2 is 1.59 bits per heavy atom. The summed E-state index contributed by atoms with van der Waals surface area (Å²) < 4.78 is 13.8. The Kier molecular flexibility index (Phi) is 7.08. The number of phenols is 1. The van der Waals surface area contributed by atoms with Crippen molar-refractivity contribution in [2.24, 2.45) is 23.7 Å². The number of aryl methyl sites for hydroxylation is 2. The van der Waals surface area contributed by atoms with Crippen LogP contribution in [0.25, 0.3) is 0 Å². The SMILES string of the molecule is CCN1C(=O)C2CC=C3C(CC4C(=O)N(Nc5ccc(F)cc5)C(=O)C4(c4ccc(Cl)cc4)C3c3cc(C)c(O)c(C)c3)C2C1=O. The Morgan fingerprint density at radius 3 is 2.22 bits per heavy atom. The molecular weight excluding hydrogens is 609 g/mol. The second kappa shape index (κ2) is 10.8. The van der Waals surface area contributed by atoms with Gasteiger partial charge in [0.05, 0.1) is 28.9 Å². The van der Waals surface area contributed by atoms with Crippen LogP contribution in [0.2, 0.25) is 5.02 Å². The molecule has 0 spiro atoms. The Labute approximate surface area is 270 Å². The number of halogens is 2. The summed E-state index contributed by atoms with van der Waals surface area (Å²) in [6.07, 6.45) is 2.51. The van der Waals surface area contributed by atoms with E-state index in [4.69, 9.17) is 11.6 Å². The molecule has 0 aromatic heterocycles. The molecule has 0 bridgehead atoms. The van der Waals surface area contributed by atoms with Crippen molar-refractivity contribution in [3.8, 4) is 5.75 Å². The van der Waals surface area contributed by atoms with Crippen LogP contribution in [0.3, 0.4) is 0 Å². The molecule has 46 heavy (non-hydrogen) atoms. The molecular formula is C36H33ClFN3O5. The first-order valence-electron chi connectivity index (χ1n) is 15.5. The molecule has 2 N–H and O–H groups in total. The molecule has 6 atom stereocenters. The number of anilines is 1. The number of likely N-dealkylation sites (tertiary alicyclic amines) is 1. The molecule has 236 valence electrons. The topological polar surface area (TPSA) is 107 Å². The summed E-state index contributed by atoms with van der Waals surface area (Å²) in [7, 11) is 0. The molecule has 1 saturated carbocycles. The van der Waals surface area contributed by atoms with E-state index in [1.165, 1.54) is 29.2 Å². The van der Waals surface area contributed by atoms with Gasteiger partial charge in [0.2, 0.25) is 11.8 Å². The predicted molar refractivity (Wildman–Crippen MR) is 169 cm³/mol. The molecule has 8 nitrogen and oxygen atoms in total. The number of allylic oxidation sites excluding steroid dienone is 2. The molecule has 2 aliphatic carbocycles. The number of phenolic OH excluding ortho intramolecular Hbond substituents is 1. The zero-order chi connectivity index (χ0) is 32.7. The van der Waals surface area contributed by atoms with Crippen molar-refractivity contribution in [3.05, 3.63) is 105 Å². The van der Waals surface area contributed by atoms with Gasteiger partial charge < -0.3 is 5.11 Å². The maximum Gasteiger partial charge on any atom is 0.260 e. The minimum Gasteiger partial charge on any atom is -0.507 e. The lowest BCUT2D eigenvalue weighted by atomic mass is 9.49. The third kappa shape index (κ3) is 4.17. The third-order valence-corrected chi connectivity index (χ3v) is 10.8. The number of amides is 4. The lowest BCUT2D eigenvalue weighted by Gasteiger charge is -2.50. The highest BCUT2D eigenvalue weighted by atomic mass is 35.5. The number of aromatic hydroxyl groups is 1. The second-order valence-electron chi connectivity index (χ2n) is 12.8. The molecule has 10 heteroatoms. The van der Waals surface area contributed by atoms with Crippen molar-refractivity contribution >= 4 is 40.9 Å². The van der Waals surface area contributed by atoms with Crippen molar-refractivity contribution in [1.29, 1.82) is 0 Å². The van der Waals surface area contributed by atoms with E-state index in [0.717, 1.165) is 16.1 Å². The molecule has 4 aliphatic rings. The summed E-state index contributed by atoms with van der Waals surface area (Å²) in [6.45, 7) is 5.60. The monoisotopic (exact) mass is 641 g/mol. The van der Waals surface area contributed by atoms with E-state index in [1.54, 1.807) is 45.0 Å². The molecule has 4 amide bonds. The zero-order valence-electron chi connectivity index (χ0n) is 25.6. The van der Waals surface area contributed by atoms with Crippen LogP contribution >= 0.6 is 11.6 Å². The van der Waals surface area contributed by atoms with E-state index in [2.05, 4.69) is 5.43 Å². The molecule has 0 radical (unpaired) electrons. The minimum atomic E-state index is -1.46. The van der Waals surface area contributed by atoms with Gasteiger partial charge in [-0.2, -0.15) is 5.01 Å². The highest BCUT2D eigenvalue weighted by Crippen LogP contribution is 2.64. The van der Waals surface area contributed by atoms with E-state index >= 15 is 4.79 Å². The van der Waals surface area contributed by atoms with Crippen molar-refractivity contribution in [1.82, 2.24) is 9.91 Å². The fourth-order valence-electron chi connectivity index (χ4n) is 8.56. The van der Waals surface area contributed by atoms with Crippen LogP contribution in [0.1, 0.15) is 47.9 Å². The number of fused-ring (bicyclic) bond motifs is 4. The van der Waals surface area contributed by atoms with Crippen LogP contribution in [0, 0.1) is 43.3 Å². The average molecular weight is 642 g/mol. The standard InChI is InChI=1S/C36H33ClFN3O5/c1-4-40-32(43)26-14-13-25-27(29(26)34(40)45)17-28-33(44)41(39-24-11-9-23(38)10-12-24)35(46)36(28,21-5-7-22(37)8-6-21)30(25)20-15-18(2)31(42)19(3)16-20/h5-13,15-16,26-30,39,42H,4,14,17H2,1-3H3. The van der Waals surface area contributed by atoms with Gasteiger partial charge in [0.1, 0.15) is 11.6 Å². The van der Waals surface area contributed by atoms with E-state index in [9.17, 15) is 23.9 Å². The average Bonchev–Trinajstić information content (AvgIpc) is 3.41. The highest BCUT2D eigenvalue weighted by molar-refractivity contribution is 6.30. The number of carbonyl (C=O) groups excluding carboxylic acids is 4. The maximum atomic E-state index is 15.1. The summed E-state index contributed by atoms with van der Waals surface area (Å²) in [5.41, 5.74) is 5.19. The fourth-order valence-corrected chi connectivity index (χ4v) is 8.69. The van der Waals surface area contributed by atoms with Crippen molar-refractivity contribution in [2.45, 2.75) is 44.9 Å². The van der Waals surface area contributed by atoms with E-state index < -0.39 is 52.6 Å². The van der Waals surface area contributed by atoms with Gasteiger partial charge in [-0.3, -0.25) is 29.5 Å². The van der Waals surface area contributed by atoms with Gasteiger partial charge >= 0.3 is 0 Å². The van der Waals surface area contributed by atoms with Crippen molar-refractivity contribution in [3.63, 3.8) is 0 Å². The molecule has 6 unspecified atom stereocenters. The first kappa shape index (κ1) is 30.2. The van der Waals surface area contributed by atoms with Crippen LogP contribution in [0.5, 0.6) is 5.75 Å². The number of nitrogens with zero attached hydrogens (tertiary/aromatic N) is 2. The lowest BCUT2D eigenvalue weighted by Crippen LogP contribution is -2.53. The summed E-state index contributed by atoms with van der Waals surface area (Å²) >= 11 is 6.33.